The highest BCUT2D eigenvalue weighted by Gasteiger charge is 2.21. The number of morpholine rings is 1. The lowest BCUT2D eigenvalue weighted by Crippen LogP contribution is -2.47. The molecule has 3 N–H and O–H groups in total. The number of nitrogens with zero attached hydrogens (tertiary/aromatic N) is 1. The lowest BCUT2D eigenvalue weighted by molar-refractivity contribution is -0.0246. The Bertz CT molecular complexity index is 522. The average molecular weight is 295 g/mol. The Morgan fingerprint density at radius 2 is 2.33 bits per heavy atom. The first-order valence-corrected chi connectivity index (χ1v) is 7.19. The maximum Gasteiger partial charge on any atom is 0.254 e. The second-order valence-corrected chi connectivity index (χ2v) is 5.30. The molecule has 6 heteroatoms. The molecule has 1 heterocycles. The number of hydrogen-bond donors (Lipinski definition) is 2. The van der Waals surface area contributed by atoms with Crippen molar-refractivity contribution in [2.75, 3.05) is 38.5 Å². The Morgan fingerprint density at radius 1 is 1.57 bits per heavy atom. The first-order valence-electron chi connectivity index (χ1n) is 7.19. The number of halogens is 1. The number of amides is 1. The molecule has 21 heavy (non-hydrogen) atoms. The van der Waals surface area contributed by atoms with Gasteiger partial charge in [0.25, 0.3) is 5.91 Å². The Labute approximate surface area is 124 Å². The third kappa shape index (κ3) is 3.92. The van der Waals surface area contributed by atoms with Crippen LogP contribution in [0.15, 0.2) is 12.1 Å². The molecule has 1 amide bonds. The minimum absolute atomic E-state index is 0.0179. The summed E-state index contributed by atoms with van der Waals surface area (Å²) in [5.74, 6) is -0.985. The van der Waals surface area contributed by atoms with Gasteiger partial charge in [0.15, 0.2) is 0 Å². The van der Waals surface area contributed by atoms with Crippen LogP contribution < -0.4 is 11.1 Å². The summed E-state index contributed by atoms with van der Waals surface area (Å²) in [7, 11) is 0. The van der Waals surface area contributed by atoms with Crippen LogP contribution in [-0.2, 0) is 4.74 Å². The summed E-state index contributed by atoms with van der Waals surface area (Å²) in [4.78, 5) is 14.3. The van der Waals surface area contributed by atoms with Crippen LogP contribution in [0.1, 0.15) is 22.8 Å². The molecule has 1 aromatic rings. The van der Waals surface area contributed by atoms with E-state index in [1.807, 2.05) is 0 Å². The van der Waals surface area contributed by atoms with Crippen LogP contribution in [-0.4, -0.2) is 49.7 Å². The van der Waals surface area contributed by atoms with Gasteiger partial charge in [-0.2, -0.15) is 0 Å². The van der Waals surface area contributed by atoms with Crippen molar-refractivity contribution in [3.05, 3.63) is 29.1 Å². The van der Waals surface area contributed by atoms with Crippen molar-refractivity contribution >= 4 is 11.6 Å². The number of nitrogens with one attached hydrogen (secondary N) is 1. The Hall–Kier alpha value is -1.66. The molecule has 1 fully saturated rings. The van der Waals surface area contributed by atoms with Gasteiger partial charge in [-0.3, -0.25) is 9.69 Å². The van der Waals surface area contributed by atoms with Crippen LogP contribution in [0.3, 0.4) is 0 Å². The number of aryl methyl sites for hydroxylation is 1. The maximum atomic E-state index is 14.0. The number of nitrogens with two attached hydrogens (primary N) is 1. The zero-order valence-electron chi connectivity index (χ0n) is 12.5. The molecular weight excluding hydrogens is 273 g/mol. The minimum atomic E-state index is -0.526. The number of likely N-dealkylation sites (N-methyl/N-ethyl adjacent to an activating group) is 1. The highest BCUT2D eigenvalue weighted by Crippen LogP contribution is 2.17. The number of rotatable bonds is 4. The van der Waals surface area contributed by atoms with Crippen molar-refractivity contribution < 1.29 is 13.9 Å². The van der Waals surface area contributed by atoms with E-state index >= 15 is 0 Å². The van der Waals surface area contributed by atoms with Crippen LogP contribution in [0.2, 0.25) is 0 Å². The van der Waals surface area contributed by atoms with Gasteiger partial charge >= 0.3 is 0 Å². The van der Waals surface area contributed by atoms with Gasteiger partial charge in [-0.05, 0) is 31.2 Å². The molecule has 1 unspecified atom stereocenters. The van der Waals surface area contributed by atoms with Crippen molar-refractivity contribution in [1.82, 2.24) is 10.2 Å². The Kier molecular flexibility index (Phi) is 5.14. The highest BCUT2D eigenvalue weighted by molar-refractivity contribution is 5.95. The third-order valence-corrected chi connectivity index (χ3v) is 3.68. The summed E-state index contributed by atoms with van der Waals surface area (Å²) in [6.45, 7) is 7.33. The molecule has 1 aliphatic heterocycles. The fraction of sp³-hybridized carbons (Fsp3) is 0.533. The fourth-order valence-electron chi connectivity index (χ4n) is 2.46. The summed E-state index contributed by atoms with van der Waals surface area (Å²) in [6.07, 6.45) is -0.0622. The fourth-order valence-corrected chi connectivity index (χ4v) is 2.46. The summed E-state index contributed by atoms with van der Waals surface area (Å²) in [5.41, 5.74) is 6.39. The molecule has 5 nitrogen and oxygen atoms in total. The van der Waals surface area contributed by atoms with Crippen molar-refractivity contribution in [3.8, 4) is 0 Å². The maximum absolute atomic E-state index is 14.0. The second-order valence-electron chi connectivity index (χ2n) is 5.30. The topological polar surface area (TPSA) is 67.6 Å². The van der Waals surface area contributed by atoms with Gasteiger partial charge < -0.3 is 15.8 Å². The predicted molar refractivity (Wildman–Crippen MR) is 79.7 cm³/mol. The van der Waals surface area contributed by atoms with E-state index in [4.69, 9.17) is 10.5 Å². The zero-order chi connectivity index (χ0) is 15.4. The third-order valence-electron chi connectivity index (χ3n) is 3.68. The molecule has 2 rings (SSSR count). The lowest BCUT2D eigenvalue weighted by atomic mass is 10.1. The number of ether oxygens (including phenoxy) is 1. The van der Waals surface area contributed by atoms with Gasteiger partial charge in [-0.25, -0.2) is 4.39 Å². The summed E-state index contributed by atoms with van der Waals surface area (Å²) >= 11 is 0. The summed E-state index contributed by atoms with van der Waals surface area (Å²) in [5, 5.41) is 2.72. The molecular formula is C15H22FN3O2. The van der Waals surface area contributed by atoms with E-state index in [1.165, 1.54) is 12.1 Å². The molecule has 0 aliphatic carbocycles. The van der Waals surface area contributed by atoms with E-state index in [1.54, 1.807) is 6.92 Å². The smallest absolute Gasteiger partial charge is 0.254 e. The van der Waals surface area contributed by atoms with Gasteiger partial charge in [-0.15, -0.1) is 0 Å². The molecule has 116 valence electrons. The Morgan fingerprint density at radius 3 is 3.05 bits per heavy atom. The summed E-state index contributed by atoms with van der Waals surface area (Å²) < 4.78 is 19.6. The van der Waals surface area contributed by atoms with E-state index < -0.39 is 11.7 Å². The molecule has 0 aromatic heterocycles. The molecule has 0 bridgehead atoms. The quantitative estimate of drug-likeness (QED) is 0.818. The molecule has 0 spiro atoms. The number of carbonyl (C=O) groups is 1. The molecule has 1 aliphatic rings. The van der Waals surface area contributed by atoms with Crippen LogP contribution in [0.25, 0.3) is 0 Å². The number of hydrogen-bond acceptors (Lipinski definition) is 4. The highest BCUT2D eigenvalue weighted by atomic mass is 19.1. The molecule has 1 saturated heterocycles. The molecule has 1 atom stereocenters. The van der Waals surface area contributed by atoms with E-state index in [2.05, 4.69) is 17.1 Å². The van der Waals surface area contributed by atoms with Crippen molar-refractivity contribution in [2.45, 2.75) is 20.0 Å². The summed E-state index contributed by atoms with van der Waals surface area (Å²) in [6, 6.07) is 2.87. The first kappa shape index (κ1) is 15.7. The van der Waals surface area contributed by atoms with Gasteiger partial charge in [0.1, 0.15) is 5.82 Å². The minimum Gasteiger partial charge on any atom is -0.399 e. The van der Waals surface area contributed by atoms with E-state index in [0.717, 1.165) is 19.6 Å². The number of benzene rings is 1. The van der Waals surface area contributed by atoms with Crippen molar-refractivity contribution in [1.29, 1.82) is 0 Å². The zero-order valence-corrected chi connectivity index (χ0v) is 12.5. The number of nitrogen functional groups attached to an aromatic ring is 1. The molecule has 1 aromatic carbocycles. The second kappa shape index (κ2) is 6.87. The first-order chi connectivity index (χ1) is 10.0. The van der Waals surface area contributed by atoms with Gasteiger partial charge in [0, 0.05) is 25.3 Å². The van der Waals surface area contributed by atoms with E-state index in [9.17, 15) is 9.18 Å². The molecule has 0 saturated carbocycles. The SMILES string of the molecule is CCN1CCOC(CNC(=O)c2cc(N)cc(C)c2F)C1. The van der Waals surface area contributed by atoms with Crippen LogP contribution >= 0.6 is 0 Å². The normalized spacial score (nSPS) is 19.5. The van der Waals surface area contributed by atoms with Gasteiger partial charge in [0.2, 0.25) is 0 Å². The van der Waals surface area contributed by atoms with Crippen molar-refractivity contribution in [2.24, 2.45) is 0 Å². The van der Waals surface area contributed by atoms with Gasteiger partial charge in [-0.1, -0.05) is 6.92 Å². The standard InChI is InChI=1S/C15H22FN3O2/c1-3-19-4-5-21-12(9-19)8-18-15(20)13-7-11(17)6-10(2)14(13)16/h6-7,12H,3-5,8-9,17H2,1-2H3,(H,18,20). The van der Waals surface area contributed by atoms with E-state index in [0.29, 0.717) is 24.4 Å². The van der Waals surface area contributed by atoms with E-state index in [-0.39, 0.29) is 11.7 Å². The Balaban J connectivity index is 1.96. The van der Waals surface area contributed by atoms with Crippen LogP contribution in [0.4, 0.5) is 10.1 Å². The monoisotopic (exact) mass is 295 g/mol. The molecule has 0 radical (unpaired) electrons. The lowest BCUT2D eigenvalue weighted by Gasteiger charge is -2.32. The number of carbonyl (C=O) groups excluding carboxylic acids is 1. The van der Waals surface area contributed by atoms with Crippen molar-refractivity contribution in [3.63, 3.8) is 0 Å². The number of anilines is 1. The van der Waals surface area contributed by atoms with Crippen LogP contribution in [0.5, 0.6) is 0 Å². The van der Waals surface area contributed by atoms with Crippen LogP contribution in [0, 0.1) is 12.7 Å². The average Bonchev–Trinajstić information content (AvgIpc) is 2.48. The predicted octanol–water partition coefficient (Wildman–Crippen LogP) is 1.17. The largest absolute Gasteiger partial charge is 0.399 e. The van der Waals surface area contributed by atoms with Gasteiger partial charge in [0.05, 0.1) is 18.3 Å².